The standard InChI is InChI=1S/C19H20ClN3O4/c1-12(19(26)23-17-9-8-15(20)11-21-17)27-18(25)10-16(22-13(2)24)14-6-4-3-5-7-14/h3-9,11-12,16H,10H2,1-2H3,(H,22,24)(H,21,23,26)/t12-,16+/m0/s1. The molecular formula is C19H20ClN3O4. The van der Waals surface area contributed by atoms with Crippen LogP contribution >= 0.6 is 11.6 Å². The molecule has 0 bridgehead atoms. The van der Waals surface area contributed by atoms with E-state index in [0.29, 0.717) is 10.8 Å². The van der Waals surface area contributed by atoms with Crippen molar-refractivity contribution in [3.8, 4) is 0 Å². The molecule has 2 N–H and O–H groups in total. The number of hydrogen-bond donors (Lipinski definition) is 2. The Morgan fingerprint density at radius 2 is 1.85 bits per heavy atom. The van der Waals surface area contributed by atoms with Gasteiger partial charge in [-0.05, 0) is 24.6 Å². The Balaban J connectivity index is 1.94. The summed E-state index contributed by atoms with van der Waals surface area (Å²) in [6, 6.07) is 11.6. The van der Waals surface area contributed by atoms with Crippen molar-refractivity contribution in [1.82, 2.24) is 10.3 Å². The predicted molar refractivity (Wildman–Crippen MR) is 101 cm³/mol. The molecule has 0 saturated carbocycles. The molecule has 7 nitrogen and oxygen atoms in total. The Kier molecular flexibility index (Phi) is 7.31. The van der Waals surface area contributed by atoms with Gasteiger partial charge >= 0.3 is 5.97 Å². The molecule has 2 atom stereocenters. The van der Waals surface area contributed by atoms with Crippen LogP contribution in [0.4, 0.5) is 5.82 Å². The summed E-state index contributed by atoms with van der Waals surface area (Å²) in [4.78, 5) is 39.7. The van der Waals surface area contributed by atoms with E-state index in [1.165, 1.54) is 26.1 Å². The SMILES string of the molecule is CC(=O)N[C@H](CC(=O)O[C@@H](C)C(=O)Nc1ccc(Cl)cn1)c1ccccc1. The van der Waals surface area contributed by atoms with E-state index < -0.39 is 24.0 Å². The van der Waals surface area contributed by atoms with Gasteiger partial charge in [0.05, 0.1) is 17.5 Å². The second-order valence-corrected chi connectivity index (χ2v) is 6.29. The average Bonchev–Trinajstić information content (AvgIpc) is 2.63. The fraction of sp³-hybridized carbons (Fsp3) is 0.263. The number of esters is 1. The van der Waals surface area contributed by atoms with E-state index in [0.717, 1.165) is 5.56 Å². The minimum Gasteiger partial charge on any atom is -0.452 e. The number of pyridine rings is 1. The molecule has 0 saturated heterocycles. The summed E-state index contributed by atoms with van der Waals surface area (Å²) >= 11 is 5.74. The zero-order valence-corrected chi connectivity index (χ0v) is 15.7. The van der Waals surface area contributed by atoms with E-state index in [1.807, 2.05) is 18.2 Å². The van der Waals surface area contributed by atoms with Crippen molar-refractivity contribution in [2.24, 2.45) is 0 Å². The van der Waals surface area contributed by atoms with Crippen molar-refractivity contribution in [3.05, 3.63) is 59.2 Å². The molecule has 0 fully saturated rings. The molecule has 2 rings (SSSR count). The second-order valence-electron chi connectivity index (χ2n) is 5.85. The summed E-state index contributed by atoms with van der Waals surface area (Å²) in [5.74, 6) is -1.10. The first-order chi connectivity index (χ1) is 12.8. The molecule has 0 unspecified atom stereocenters. The molecule has 1 aromatic carbocycles. The van der Waals surface area contributed by atoms with Gasteiger partial charge in [0.2, 0.25) is 5.91 Å². The number of hydrogen-bond acceptors (Lipinski definition) is 5. The maximum atomic E-state index is 12.2. The van der Waals surface area contributed by atoms with E-state index >= 15 is 0 Å². The minimum atomic E-state index is -1.02. The summed E-state index contributed by atoms with van der Waals surface area (Å²) in [7, 11) is 0. The van der Waals surface area contributed by atoms with Gasteiger partial charge in [0.25, 0.3) is 5.91 Å². The molecular weight excluding hydrogens is 370 g/mol. The molecule has 0 radical (unpaired) electrons. The fourth-order valence-electron chi connectivity index (χ4n) is 2.33. The third kappa shape index (κ3) is 6.71. The highest BCUT2D eigenvalue weighted by Crippen LogP contribution is 2.18. The second kappa shape index (κ2) is 9.68. The van der Waals surface area contributed by atoms with E-state index in [-0.39, 0.29) is 12.3 Å². The smallest absolute Gasteiger partial charge is 0.309 e. The molecule has 2 aromatic rings. The number of nitrogens with one attached hydrogen (secondary N) is 2. The van der Waals surface area contributed by atoms with Crippen molar-refractivity contribution < 1.29 is 19.1 Å². The maximum absolute atomic E-state index is 12.2. The zero-order chi connectivity index (χ0) is 19.8. The summed E-state index contributed by atoms with van der Waals surface area (Å²) in [5, 5.41) is 5.69. The van der Waals surface area contributed by atoms with Crippen LogP contribution in [-0.2, 0) is 19.1 Å². The highest BCUT2D eigenvalue weighted by molar-refractivity contribution is 6.30. The summed E-state index contributed by atoms with van der Waals surface area (Å²) < 4.78 is 5.19. The number of carbonyl (C=O) groups excluding carboxylic acids is 3. The number of carbonyl (C=O) groups is 3. The van der Waals surface area contributed by atoms with Crippen LogP contribution in [0, 0.1) is 0 Å². The first kappa shape index (κ1) is 20.4. The molecule has 0 aliphatic rings. The number of nitrogens with zero attached hydrogens (tertiary/aromatic N) is 1. The van der Waals surface area contributed by atoms with Gasteiger partial charge < -0.3 is 15.4 Å². The summed E-state index contributed by atoms with van der Waals surface area (Å²) in [6.45, 7) is 2.83. The van der Waals surface area contributed by atoms with Crippen molar-refractivity contribution >= 4 is 35.2 Å². The maximum Gasteiger partial charge on any atom is 0.309 e. The van der Waals surface area contributed by atoms with Gasteiger partial charge in [0, 0.05) is 13.1 Å². The topological polar surface area (TPSA) is 97.4 Å². The number of amides is 2. The molecule has 8 heteroatoms. The Morgan fingerprint density at radius 1 is 1.15 bits per heavy atom. The van der Waals surface area contributed by atoms with Gasteiger partial charge in [0.15, 0.2) is 6.10 Å². The van der Waals surface area contributed by atoms with E-state index in [2.05, 4.69) is 15.6 Å². The molecule has 1 heterocycles. The van der Waals surface area contributed by atoms with Gasteiger partial charge in [-0.2, -0.15) is 0 Å². The molecule has 1 aromatic heterocycles. The number of ether oxygens (including phenoxy) is 1. The van der Waals surface area contributed by atoms with Crippen molar-refractivity contribution in [2.75, 3.05) is 5.32 Å². The lowest BCUT2D eigenvalue weighted by molar-refractivity contribution is -0.153. The van der Waals surface area contributed by atoms with Crippen LogP contribution in [0.5, 0.6) is 0 Å². The molecule has 27 heavy (non-hydrogen) atoms. The lowest BCUT2D eigenvalue weighted by Crippen LogP contribution is -2.33. The van der Waals surface area contributed by atoms with Gasteiger partial charge in [-0.15, -0.1) is 0 Å². The monoisotopic (exact) mass is 389 g/mol. The fourth-order valence-corrected chi connectivity index (χ4v) is 2.44. The molecule has 2 amide bonds. The van der Waals surface area contributed by atoms with Crippen LogP contribution in [-0.4, -0.2) is 28.9 Å². The Hall–Kier alpha value is -2.93. The van der Waals surface area contributed by atoms with Gasteiger partial charge in [0.1, 0.15) is 5.82 Å². The van der Waals surface area contributed by atoms with E-state index in [4.69, 9.17) is 16.3 Å². The average molecular weight is 390 g/mol. The Morgan fingerprint density at radius 3 is 2.44 bits per heavy atom. The van der Waals surface area contributed by atoms with Crippen LogP contribution in [0.25, 0.3) is 0 Å². The van der Waals surface area contributed by atoms with Crippen molar-refractivity contribution in [3.63, 3.8) is 0 Å². The van der Waals surface area contributed by atoms with Crippen LogP contribution in [0.3, 0.4) is 0 Å². The lowest BCUT2D eigenvalue weighted by Gasteiger charge is -2.19. The Bertz CT molecular complexity index is 796. The number of halogens is 1. The van der Waals surface area contributed by atoms with Gasteiger partial charge in [-0.3, -0.25) is 14.4 Å². The van der Waals surface area contributed by atoms with E-state index in [1.54, 1.807) is 18.2 Å². The third-order valence-electron chi connectivity index (χ3n) is 3.61. The van der Waals surface area contributed by atoms with Crippen molar-refractivity contribution in [1.29, 1.82) is 0 Å². The van der Waals surface area contributed by atoms with Gasteiger partial charge in [-0.25, -0.2) is 4.98 Å². The molecule has 142 valence electrons. The van der Waals surface area contributed by atoms with Crippen LogP contribution < -0.4 is 10.6 Å². The first-order valence-corrected chi connectivity index (χ1v) is 8.67. The highest BCUT2D eigenvalue weighted by Gasteiger charge is 2.22. The van der Waals surface area contributed by atoms with Gasteiger partial charge in [-0.1, -0.05) is 41.9 Å². The molecule has 0 aliphatic carbocycles. The number of aromatic nitrogens is 1. The Labute approximate surface area is 162 Å². The minimum absolute atomic E-state index is 0.0968. The number of rotatable bonds is 7. The van der Waals surface area contributed by atoms with Crippen LogP contribution in [0.1, 0.15) is 31.9 Å². The summed E-state index contributed by atoms with van der Waals surface area (Å²) in [6.07, 6.45) is 0.273. The normalized spacial score (nSPS) is 12.6. The highest BCUT2D eigenvalue weighted by atomic mass is 35.5. The number of anilines is 1. The molecule has 0 spiro atoms. The quantitative estimate of drug-likeness (QED) is 0.709. The van der Waals surface area contributed by atoms with Crippen LogP contribution in [0.15, 0.2) is 48.7 Å². The zero-order valence-electron chi connectivity index (χ0n) is 14.9. The van der Waals surface area contributed by atoms with Crippen molar-refractivity contribution in [2.45, 2.75) is 32.4 Å². The van der Waals surface area contributed by atoms with E-state index in [9.17, 15) is 14.4 Å². The van der Waals surface area contributed by atoms with Crippen LogP contribution in [0.2, 0.25) is 5.02 Å². The molecule has 0 aliphatic heterocycles. The first-order valence-electron chi connectivity index (χ1n) is 8.29. The third-order valence-corrected chi connectivity index (χ3v) is 3.83. The summed E-state index contributed by atoms with van der Waals surface area (Å²) in [5.41, 5.74) is 0.770. The number of benzene rings is 1. The lowest BCUT2D eigenvalue weighted by atomic mass is 10.0. The largest absolute Gasteiger partial charge is 0.452 e. The predicted octanol–water partition coefficient (Wildman–Crippen LogP) is 2.87.